The van der Waals surface area contributed by atoms with Crippen LogP contribution in [-0.4, -0.2) is 70.1 Å². The van der Waals surface area contributed by atoms with E-state index < -0.39 is 32.5 Å². The predicted molar refractivity (Wildman–Crippen MR) is 120 cm³/mol. The van der Waals surface area contributed by atoms with Crippen LogP contribution in [0.15, 0.2) is 53.6 Å². The molecule has 10 nitrogen and oxygen atoms in total. The molecule has 0 saturated carbocycles. The van der Waals surface area contributed by atoms with Crippen molar-refractivity contribution >= 4 is 37.5 Å². The van der Waals surface area contributed by atoms with Crippen molar-refractivity contribution in [1.82, 2.24) is 9.29 Å². The highest BCUT2D eigenvalue weighted by atomic mass is 32.2. The zero-order valence-electron chi connectivity index (χ0n) is 18.0. The summed E-state index contributed by atoms with van der Waals surface area (Å²) in [4.78, 5) is 16.5. The molecule has 2 aromatic rings. The van der Waals surface area contributed by atoms with Gasteiger partial charge in [0.05, 0.1) is 23.4 Å². The number of rotatable bonds is 7. The molecule has 32 heavy (non-hydrogen) atoms. The third kappa shape index (κ3) is 5.82. The summed E-state index contributed by atoms with van der Waals surface area (Å²) < 4.78 is 57.9. The number of anilines is 2. The molecular weight excluding hydrogens is 456 g/mol. The van der Waals surface area contributed by atoms with Crippen molar-refractivity contribution in [3.8, 4) is 0 Å². The van der Waals surface area contributed by atoms with Crippen LogP contribution >= 0.6 is 0 Å². The number of carbonyl (C=O) groups excluding carboxylic acids is 1. The smallest absolute Gasteiger partial charge is 0.245 e. The number of carbonyl (C=O) groups is 1. The van der Waals surface area contributed by atoms with Gasteiger partial charge in [-0.3, -0.25) is 4.79 Å². The summed E-state index contributed by atoms with van der Waals surface area (Å²) in [5.74, 6) is -0.465. The SMILES string of the molecule is C[C@H]1CN(S(=O)(=O)c2ccc(NC(=O)CN(c3ccccn3)S(C)(=O)=O)cc2)C[C@H](C)O1. The molecule has 1 N–H and O–H groups in total. The Labute approximate surface area is 188 Å². The molecule has 1 aromatic heterocycles. The zero-order chi connectivity index (χ0) is 23.5. The van der Waals surface area contributed by atoms with Gasteiger partial charge in [0.1, 0.15) is 12.4 Å². The number of ether oxygens (including phenoxy) is 1. The number of pyridine rings is 1. The van der Waals surface area contributed by atoms with E-state index in [1.54, 1.807) is 12.1 Å². The molecule has 1 fully saturated rings. The number of amides is 1. The molecule has 1 aliphatic rings. The Bertz CT molecular complexity index is 1140. The van der Waals surface area contributed by atoms with Crippen molar-refractivity contribution in [1.29, 1.82) is 0 Å². The van der Waals surface area contributed by atoms with Gasteiger partial charge < -0.3 is 10.1 Å². The number of nitrogens with one attached hydrogen (secondary N) is 1. The van der Waals surface area contributed by atoms with E-state index in [0.717, 1.165) is 10.6 Å². The zero-order valence-corrected chi connectivity index (χ0v) is 19.6. The molecule has 2 atom stereocenters. The molecule has 2 heterocycles. The minimum Gasteiger partial charge on any atom is -0.373 e. The molecule has 0 unspecified atom stereocenters. The lowest BCUT2D eigenvalue weighted by molar-refractivity contribution is -0.114. The fraction of sp³-hybridized carbons (Fsp3) is 0.400. The summed E-state index contributed by atoms with van der Waals surface area (Å²) in [5.41, 5.74) is 0.340. The van der Waals surface area contributed by atoms with Gasteiger partial charge in [0.25, 0.3) is 0 Å². The highest BCUT2D eigenvalue weighted by Gasteiger charge is 2.32. The van der Waals surface area contributed by atoms with Crippen LogP contribution in [0.4, 0.5) is 11.5 Å². The number of benzene rings is 1. The van der Waals surface area contributed by atoms with Gasteiger partial charge in [-0.2, -0.15) is 4.31 Å². The van der Waals surface area contributed by atoms with Gasteiger partial charge in [0.15, 0.2) is 0 Å². The minimum absolute atomic E-state index is 0.100. The van der Waals surface area contributed by atoms with E-state index in [1.807, 2.05) is 13.8 Å². The van der Waals surface area contributed by atoms with Gasteiger partial charge >= 0.3 is 0 Å². The second-order valence-electron chi connectivity index (χ2n) is 7.61. The van der Waals surface area contributed by atoms with E-state index in [9.17, 15) is 21.6 Å². The lowest BCUT2D eigenvalue weighted by Gasteiger charge is -2.34. The normalized spacial score (nSPS) is 20.0. The van der Waals surface area contributed by atoms with Crippen LogP contribution in [0.5, 0.6) is 0 Å². The molecule has 1 amide bonds. The predicted octanol–water partition coefficient (Wildman–Crippen LogP) is 1.28. The highest BCUT2D eigenvalue weighted by molar-refractivity contribution is 7.92. The summed E-state index contributed by atoms with van der Waals surface area (Å²) in [6.07, 6.45) is 2.01. The number of aromatic nitrogens is 1. The first-order chi connectivity index (χ1) is 15.0. The summed E-state index contributed by atoms with van der Waals surface area (Å²) in [6.45, 7) is 3.70. The first-order valence-electron chi connectivity index (χ1n) is 9.91. The van der Waals surface area contributed by atoms with E-state index in [4.69, 9.17) is 4.74 Å². The molecule has 12 heteroatoms. The van der Waals surface area contributed by atoms with E-state index >= 15 is 0 Å². The summed E-state index contributed by atoms with van der Waals surface area (Å²) in [7, 11) is -7.44. The molecule has 1 saturated heterocycles. The van der Waals surface area contributed by atoms with Crippen LogP contribution < -0.4 is 9.62 Å². The Morgan fingerprint density at radius 2 is 1.72 bits per heavy atom. The maximum Gasteiger partial charge on any atom is 0.245 e. The monoisotopic (exact) mass is 482 g/mol. The number of hydrogen-bond donors (Lipinski definition) is 1. The molecule has 1 aliphatic heterocycles. The fourth-order valence-electron chi connectivity index (χ4n) is 3.39. The van der Waals surface area contributed by atoms with Crippen molar-refractivity contribution in [3.05, 3.63) is 48.7 Å². The largest absolute Gasteiger partial charge is 0.373 e. The lowest BCUT2D eigenvalue weighted by Crippen LogP contribution is -2.48. The first-order valence-corrected chi connectivity index (χ1v) is 13.2. The number of morpholine rings is 1. The molecule has 0 radical (unpaired) electrons. The standard InChI is InChI=1S/C20H26N4O6S2/c1-15-12-23(13-16(2)30-15)32(28,29)18-9-7-17(8-10-18)22-20(25)14-24(31(3,26)27)19-6-4-5-11-21-19/h4-11,15-16H,12-14H2,1-3H3,(H,22,25)/t15-,16-/m0/s1. The van der Waals surface area contributed by atoms with Gasteiger partial charge in [0.2, 0.25) is 26.0 Å². The second kappa shape index (κ2) is 9.53. The Morgan fingerprint density at radius 3 is 2.25 bits per heavy atom. The van der Waals surface area contributed by atoms with Crippen molar-refractivity contribution in [3.63, 3.8) is 0 Å². The van der Waals surface area contributed by atoms with Crippen molar-refractivity contribution in [2.75, 3.05) is 35.5 Å². The van der Waals surface area contributed by atoms with Gasteiger partial charge in [-0.25, -0.2) is 26.1 Å². The van der Waals surface area contributed by atoms with Crippen molar-refractivity contribution in [2.24, 2.45) is 0 Å². The summed E-state index contributed by atoms with van der Waals surface area (Å²) >= 11 is 0. The topological polar surface area (TPSA) is 126 Å². The fourth-order valence-corrected chi connectivity index (χ4v) is 5.78. The third-order valence-electron chi connectivity index (χ3n) is 4.75. The Kier molecular flexibility index (Phi) is 7.18. The van der Waals surface area contributed by atoms with Crippen LogP contribution in [-0.2, 0) is 29.6 Å². The van der Waals surface area contributed by atoms with Crippen LogP contribution in [0.1, 0.15) is 13.8 Å². The van der Waals surface area contributed by atoms with E-state index in [0.29, 0.717) is 5.69 Å². The van der Waals surface area contributed by atoms with Crippen LogP contribution in [0, 0.1) is 0 Å². The van der Waals surface area contributed by atoms with E-state index in [-0.39, 0.29) is 36.0 Å². The molecule has 0 bridgehead atoms. The Hall–Kier alpha value is -2.54. The van der Waals surface area contributed by atoms with Gasteiger partial charge in [-0.05, 0) is 50.2 Å². The van der Waals surface area contributed by atoms with Crippen molar-refractivity contribution < 1.29 is 26.4 Å². The lowest BCUT2D eigenvalue weighted by atomic mass is 10.3. The summed E-state index contributed by atoms with van der Waals surface area (Å²) in [5, 5.41) is 2.59. The molecule has 0 aliphatic carbocycles. The molecular formula is C20H26N4O6S2. The quantitative estimate of drug-likeness (QED) is 0.630. The van der Waals surface area contributed by atoms with E-state index in [2.05, 4.69) is 10.3 Å². The molecule has 0 spiro atoms. The number of hydrogen-bond acceptors (Lipinski definition) is 7. The molecule has 1 aromatic carbocycles. The Morgan fingerprint density at radius 1 is 1.09 bits per heavy atom. The van der Waals surface area contributed by atoms with Crippen LogP contribution in [0.2, 0.25) is 0 Å². The van der Waals surface area contributed by atoms with Crippen LogP contribution in [0.3, 0.4) is 0 Å². The van der Waals surface area contributed by atoms with Gasteiger partial charge in [-0.15, -0.1) is 0 Å². The first kappa shape index (κ1) is 24.1. The molecule has 174 valence electrons. The number of sulfonamides is 2. The number of nitrogens with zero attached hydrogens (tertiary/aromatic N) is 3. The third-order valence-corrected chi connectivity index (χ3v) is 7.72. The molecule has 3 rings (SSSR count). The van der Waals surface area contributed by atoms with Gasteiger partial charge in [-0.1, -0.05) is 6.07 Å². The van der Waals surface area contributed by atoms with E-state index in [1.165, 1.54) is 40.8 Å². The average Bonchev–Trinajstić information content (AvgIpc) is 2.71. The van der Waals surface area contributed by atoms with Gasteiger partial charge in [0, 0.05) is 25.0 Å². The maximum absolute atomic E-state index is 12.9. The highest BCUT2D eigenvalue weighted by Crippen LogP contribution is 2.22. The van der Waals surface area contributed by atoms with Crippen molar-refractivity contribution in [2.45, 2.75) is 31.0 Å². The summed E-state index contributed by atoms with van der Waals surface area (Å²) in [6, 6.07) is 10.5. The average molecular weight is 483 g/mol. The Balaban J connectivity index is 1.70. The maximum atomic E-state index is 12.9. The minimum atomic E-state index is -3.74. The second-order valence-corrected chi connectivity index (χ2v) is 11.5. The van der Waals surface area contributed by atoms with Crippen LogP contribution in [0.25, 0.3) is 0 Å².